The molecule has 1 aliphatic rings. The van der Waals surface area contributed by atoms with E-state index in [0.29, 0.717) is 18.1 Å². The van der Waals surface area contributed by atoms with E-state index in [2.05, 4.69) is 19.2 Å². The minimum Gasteiger partial charge on any atom is -0.384 e. The molecule has 0 aromatic carbocycles. The van der Waals surface area contributed by atoms with Crippen LogP contribution in [0.3, 0.4) is 0 Å². The van der Waals surface area contributed by atoms with Gasteiger partial charge in [0.25, 0.3) is 0 Å². The lowest BCUT2D eigenvalue weighted by atomic mass is 9.97. The van der Waals surface area contributed by atoms with Crippen LogP contribution in [0.1, 0.15) is 52.4 Å². The lowest BCUT2D eigenvalue weighted by Gasteiger charge is -2.22. The number of methoxy groups -OCH3 is 1. The third-order valence-corrected chi connectivity index (χ3v) is 3.73. The summed E-state index contributed by atoms with van der Waals surface area (Å²) in [6.07, 6.45) is 8.07. The number of hydrogen-bond acceptors (Lipinski definition) is 3. The predicted octanol–water partition coefficient (Wildman–Crippen LogP) is 2.99. The second-order valence-electron chi connectivity index (χ2n) is 5.62. The van der Waals surface area contributed by atoms with Crippen LogP contribution in [0.2, 0.25) is 0 Å². The SMILES string of the molecule is CCNC(CCCC1CCCO1)CC(C)COC. The topological polar surface area (TPSA) is 30.5 Å². The molecular formula is C15H31NO2. The summed E-state index contributed by atoms with van der Waals surface area (Å²) in [7, 11) is 1.79. The average molecular weight is 257 g/mol. The molecule has 0 bridgehead atoms. The number of hydrogen-bond donors (Lipinski definition) is 1. The van der Waals surface area contributed by atoms with Gasteiger partial charge in [0, 0.05) is 26.4 Å². The van der Waals surface area contributed by atoms with Gasteiger partial charge >= 0.3 is 0 Å². The smallest absolute Gasteiger partial charge is 0.0576 e. The first kappa shape index (κ1) is 15.9. The number of nitrogens with one attached hydrogen (secondary N) is 1. The van der Waals surface area contributed by atoms with Gasteiger partial charge in [-0.05, 0) is 51.0 Å². The Morgan fingerprint density at radius 2 is 2.28 bits per heavy atom. The van der Waals surface area contributed by atoms with E-state index in [1.165, 1.54) is 38.5 Å². The standard InChI is InChI=1S/C15H31NO2/c1-4-16-14(11-13(2)12-17-3)7-5-8-15-9-6-10-18-15/h13-16H,4-12H2,1-3H3. The van der Waals surface area contributed by atoms with Gasteiger partial charge in [0.05, 0.1) is 6.10 Å². The Labute approximate surface area is 113 Å². The minimum absolute atomic E-state index is 0.545. The molecule has 3 heteroatoms. The highest BCUT2D eigenvalue weighted by atomic mass is 16.5. The molecule has 108 valence electrons. The molecule has 18 heavy (non-hydrogen) atoms. The highest BCUT2D eigenvalue weighted by Gasteiger charge is 2.17. The first-order chi connectivity index (χ1) is 8.76. The molecule has 0 aliphatic carbocycles. The van der Waals surface area contributed by atoms with Crippen LogP contribution in [-0.4, -0.2) is 39.0 Å². The zero-order valence-electron chi connectivity index (χ0n) is 12.4. The van der Waals surface area contributed by atoms with Gasteiger partial charge in [-0.2, -0.15) is 0 Å². The van der Waals surface area contributed by atoms with Crippen LogP contribution >= 0.6 is 0 Å². The molecule has 1 saturated heterocycles. The summed E-state index contributed by atoms with van der Waals surface area (Å²) in [6, 6.07) is 0.640. The van der Waals surface area contributed by atoms with Gasteiger partial charge in [-0.1, -0.05) is 13.8 Å². The molecule has 1 fully saturated rings. The molecule has 0 amide bonds. The van der Waals surface area contributed by atoms with E-state index in [0.717, 1.165) is 19.8 Å². The Hall–Kier alpha value is -0.120. The van der Waals surface area contributed by atoms with Crippen molar-refractivity contribution in [1.29, 1.82) is 0 Å². The molecule has 1 heterocycles. The molecule has 1 rings (SSSR count). The third-order valence-electron chi connectivity index (χ3n) is 3.73. The second-order valence-corrected chi connectivity index (χ2v) is 5.62. The largest absolute Gasteiger partial charge is 0.384 e. The highest BCUT2D eigenvalue weighted by molar-refractivity contribution is 4.72. The number of rotatable bonds is 10. The maximum atomic E-state index is 5.67. The molecule has 0 spiro atoms. The van der Waals surface area contributed by atoms with E-state index >= 15 is 0 Å². The molecule has 0 saturated carbocycles. The number of ether oxygens (including phenoxy) is 2. The fourth-order valence-electron chi connectivity index (χ4n) is 2.89. The molecule has 3 unspecified atom stereocenters. The maximum Gasteiger partial charge on any atom is 0.0576 e. The van der Waals surface area contributed by atoms with Gasteiger partial charge in [0.1, 0.15) is 0 Å². The summed E-state index contributed by atoms with van der Waals surface area (Å²) in [6.45, 7) is 7.37. The summed E-state index contributed by atoms with van der Waals surface area (Å²) in [5, 5.41) is 3.60. The van der Waals surface area contributed by atoms with Crippen molar-refractivity contribution in [2.75, 3.05) is 26.9 Å². The van der Waals surface area contributed by atoms with E-state index in [1.807, 2.05) is 0 Å². The van der Waals surface area contributed by atoms with Crippen LogP contribution in [0.4, 0.5) is 0 Å². The first-order valence-corrected chi connectivity index (χ1v) is 7.60. The lowest BCUT2D eigenvalue weighted by Crippen LogP contribution is -2.31. The van der Waals surface area contributed by atoms with Crippen molar-refractivity contribution in [1.82, 2.24) is 5.32 Å². The molecule has 1 aliphatic heterocycles. The zero-order chi connectivity index (χ0) is 13.2. The van der Waals surface area contributed by atoms with Gasteiger partial charge in [-0.25, -0.2) is 0 Å². The Morgan fingerprint density at radius 3 is 2.89 bits per heavy atom. The zero-order valence-corrected chi connectivity index (χ0v) is 12.4. The monoisotopic (exact) mass is 257 g/mol. The summed E-state index contributed by atoms with van der Waals surface area (Å²) in [4.78, 5) is 0. The summed E-state index contributed by atoms with van der Waals surface area (Å²) < 4.78 is 10.9. The van der Waals surface area contributed by atoms with Crippen molar-refractivity contribution in [2.45, 2.75) is 64.5 Å². The first-order valence-electron chi connectivity index (χ1n) is 7.60. The van der Waals surface area contributed by atoms with Crippen LogP contribution in [0, 0.1) is 5.92 Å². The van der Waals surface area contributed by atoms with Crippen molar-refractivity contribution in [2.24, 2.45) is 5.92 Å². The van der Waals surface area contributed by atoms with Crippen LogP contribution in [0.15, 0.2) is 0 Å². The van der Waals surface area contributed by atoms with Crippen molar-refractivity contribution >= 4 is 0 Å². The Morgan fingerprint density at radius 1 is 1.44 bits per heavy atom. The van der Waals surface area contributed by atoms with Gasteiger partial charge in [0.15, 0.2) is 0 Å². The van der Waals surface area contributed by atoms with E-state index in [-0.39, 0.29) is 0 Å². The molecule has 0 aromatic rings. The highest BCUT2D eigenvalue weighted by Crippen LogP contribution is 2.19. The van der Waals surface area contributed by atoms with E-state index in [1.54, 1.807) is 7.11 Å². The maximum absolute atomic E-state index is 5.67. The van der Waals surface area contributed by atoms with E-state index < -0.39 is 0 Å². The fourth-order valence-corrected chi connectivity index (χ4v) is 2.89. The normalized spacial score (nSPS) is 23.2. The van der Waals surface area contributed by atoms with Gasteiger partial charge < -0.3 is 14.8 Å². The lowest BCUT2D eigenvalue weighted by molar-refractivity contribution is 0.100. The van der Waals surface area contributed by atoms with E-state index in [9.17, 15) is 0 Å². The van der Waals surface area contributed by atoms with Gasteiger partial charge in [-0.15, -0.1) is 0 Å². The average Bonchev–Trinajstić information content (AvgIpc) is 2.82. The van der Waals surface area contributed by atoms with Crippen molar-refractivity contribution in [3.8, 4) is 0 Å². The fraction of sp³-hybridized carbons (Fsp3) is 1.00. The third kappa shape index (κ3) is 6.72. The Balaban J connectivity index is 2.15. The molecular weight excluding hydrogens is 226 g/mol. The molecule has 3 atom stereocenters. The second kappa shape index (κ2) is 9.76. The van der Waals surface area contributed by atoms with Crippen molar-refractivity contribution in [3.05, 3.63) is 0 Å². The van der Waals surface area contributed by atoms with Crippen LogP contribution in [0.25, 0.3) is 0 Å². The Kier molecular flexibility index (Phi) is 8.64. The van der Waals surface area contributed by atoms with Crippen molar-refractivity contribution in [3.63, 3.8) is 0 Å². The van der Waals surface area contributed by atoms with Crippen molar-refractivity contribution < 1.29 is 9.47 Å². The molecule has 3 nitrogen and oxygen atoms in total. The van der Waals surface area contributed by atoms with Gasteiger partial charge in [0.2, 0.25) is 0 Å². The Bertz CT molecular complexity index is 193. The van der Waals surface area contributed by atoms with Crippen LogP contribution in [0.5, 0.6) is 0 Å². The van der Waals surface area contributed by atoms with Gasteiger partial charge in [-0.3, -0.25) is 0 Å². The minimum atomic E-state index is 0.545. The molecule has 0 aromatic heterocycles. The van der Waals surface area contributed by atoms with E-state index in [4.69, 9.17) is 9.47 Å². The van der Waals surface area contributed by atoms with Crippen LogP contribution < -0.4 is 5.32 Å². The summed E-state index contributed by atoms with van der Waals surface area (Å²) in [5.74, 6) is 0.641. The predicted molar refractivity (Wildman–Crippen MR) is 75.9 cm³/mol. The molecule has 0 radical (unpaired) electrons. The quantitative estimate of drug-likeness (QED) is 0.652. The summed E-state index contributed by atoms with van der Waals surface area (Å²) >= 11 is 0. The summed E-state index contributed by atoms with van der Waals surface area (Å²) in [5.41, 5.74) is 0. The molecule has 1 N–H and O–H groups in total. The van der Waals surface area contributed by atoms with Crippen LogP contribution in [-0.2, 0) is 9.47 Å².